The van der Waals surface area contributed by atoms with Crippen LogP contribution in [0.25, 0.3) is 0 Å². The summed E-state index contributed by atoms with van der Waals surface area (Å²) in [4.78, 5) is 23.9. The third-order valence-corrected chi connectivity index (χ3v) is 4.45. The summed E-state index contributed by atoms with van der Waals surface area (Å²) in [6, 6.07) is 0. The second-order valence-corrected chi connectivity index (χ2v) is 12.0. The Labute approximate surface area is 175 Å². The van der Waals surface area contributed by atoms with Crippen molar-refractivity contribution in [2.45, 2.75) is 145 Å². The SMILES string of the molecule is CCCCCC(CC)(OOC(C)(C)CC(C)(C)C)OOC(C)(C)CC(C)(C)C. The van der Waals surface area contributed by atoms with Gasteiger partial charge in [-0.2, -0.15) is 9.78 Å². The molecule has 0 amide bonds. The minimum Gasteiger partial charge on any atom is -0.228 e. The molecule has 0 radical (unpaired) electrons. The fourth-order valence-corrected chi connectivity index (χ4v) is 4.03. The molecule has 4 heteroatoms. The summed E-state index contributed by atoms with van der Waals surface area (Å²) in [5.74, 6) is -0.889. The van der Waals surface area contributed by atoms with E-state index in [-0.39, 0.29) is 10.8 Å². The van der Waals surface area contributed by atoms with Crippen LogP contribution in [0.1, 0.15) is 128 Å². The van der Waals surface area contributed by atoms with Gasteiger partial charge in [-0.1, -0.05) is 68.2 Å². The van der Waals surface area contributed by atoms with Crippen molar-refractivity contribution in [1.82, 2.24) is 0 Å². The number of hydrogen-bond donors (Lipinski definition) is 0. The predicted molar refractivity (Wildman–Crippen MR) is 118 cm³/mol. The summed E-state index contributed by atoms with van der Waals surface area (Å²) in [7, 11) is 0. The standard InChI is InChI=1S/C24H50O4/c1-13-15-16-17-24(14-2,27-25-22(9,10)18-20(3,4)5)28-26-23(11,12)19-21(6,7)8/h13-19H2,1-12H3. The average Bonchev–Trinajstić information content (AvgIpc) is 2.45. The maximum absolute atomic E-state index is 6.01. The zero-order chi connectivity index (χ0) is 22.3. The third kappa shape index (κ3) is 13.1. The van der Waals surface area contributed by atoms with E-state index in [1.807, 2.05) is 0 Å². The Hall–Kier alpha value is -0.160. The van der Waals surface area contributed by atoms with Gasteiger partial charge in [0.25, 0.3) is 0 Å². The van der Waals surface area contributed by atoms with Crippen LogP contribution in [0.15, 0.2) is 0 Å². The first-order chi connectivity index (χ1) is 12.4. The van der Waals surface area contributed by atoms with E-state index in [0.29, 0.717) is 6.42 Å². The summed E-state index contributed by atoms with van der Waals surface area (Å²) in [5.41, 5.74) is -0.520. The molecule has 0 N–H and O–H groups in total. The van der Waals surface area contributed by atoms with Gasteiger partial charge in [0, 0.05) is 12.8 Å². The van der Waals surface area contributed by atoms with Crippen LogP contribution in [0.3, 0.4) is 0 Å². The quantitative estimate of drug-likeness (QED) is 0.135. The largest absolute Gasteiger partial charge is 0.233 e. The molecule has 0 spiro atoms. The van der Waals surface area contributed by atoms with Crippen molar-refractivity contribution in [2.24, 2.45) is 10.8 Å². The normalized spacial score (nSPS) is 14.6. The predicted octanol–water partition coefficient (Wildman–Crippen LogP) is 8.00. The van der Waals surface area contributed by atoms with Gasteiger partial charge in [0.05, 0.1) is 11.2 Å². The minimum atomic E-state index is -0.889. The van der Waals surface area contributed by atoms with Gasteiger partial charge >= 0.3 is 0 Å². The molecule has 0 heterocycles. The highest BCUT2D eigenvalue weighted by Gasteiger charge is 2.39. The van der Waals surface area contributed by atoms with Gasteiger partial charge in [0.15, 0.2) is 0 Å². The fourth-order valence-electron chi connectivity index (χ4n) is 4.03. The molecule has 0 saturated carbocycles. The van der Waals surface area contributed by atoms with E-state index in [1.54, 1.807) is 0 Å². The topological polar surface area (TPSA) is 36.9 Å². The Kier molecular flexibility index (Phi) is 10.7. The Balaban J connectivity index is 5.20. The molecular weight excluding hydrogens is 352 g/mol. The molecule has 0 aromatic carbocycles. The van der Waals surface area contributed by atoms with Gasteiger partial charge in [-0.05, 0) is 57.8 Å². The molecule has 0 aliphatic heterocycles. The lowest BCUT2D eigenvalue weighted by atomic mass is 9.84. The van der Waals surface area contributed by atoms with E-state index in [4.69, 9.17) is 19.6 Å². The van der Waals surface area contributed by atoms with Crippen LogP contribution in [0.5, 0.6) is 0 Å². The van der Waals surface area contributed by atoms with Crippen LogP contribution in [-0.2, 0) is 19.6 Å². The van der Waals surface area contributed by atoms with Crippen LogP contribution >= 0.6 is 0 Å². The summed E-state index contributed by atoms with van der Waals surface area (Å²) in [6.45, 7) is 25.8. The average molecular weight is 403 g/mol. The monoisotopic (exact) mass is 402 g/mol. The lowest BCUT2D eigenvalue weighted by molar-refractivity contribution is -0.546. The number of hydrogen-bond acceptors (Lipinski definition) is 4. The molecule has 4 nitrogen and oxygen atoms in total. The molecule has 0 rings (SSSR count). The molecule has 0 bridgehead atoms. The van der Waals surface area contributed by atoms with Crippen molar-refractivity contribution < 1.29 is 19.6 Å². The summed E-state index contributed by atoms with van der Waals surface area (Å²) < 4.78 is 0. The highest BCUT2D eigenvalue weighted by atomic mass is 17.3. The second-order valence-electron chi connectivity index (χ2n) is 12.0. The Morgan fingerprint density at radius 3 is 1.21 bits per heavy atom. The number of rotatable bonds is 13. The van der Waals surface area contributed by atoms with Gasteiger partial charge in [0.1, 0.15) is 0 Å². The minimum absolute atomic E-state index is 0.149. The summed E-state index contributed by atoms with van der Waals surface area (Å²) in [6.07, 6.45) is 6.45. The first kappa shape index (κ1) is 27.8. The highest BCUT2D eigenvalue weighted by Crippen LogP contribution is 2.36. The van der Waals surface area contributed by atoms with Crippen molar-refractivity contribution in [3.8, 4) is 0 Å². The molecule has 0 aromatic rings. The maximum Gasteiger partial charge on any atom is 0.233 e. The van der Waals surface area contributed by atoms with E-state index in [9.17, 15) is 0 Å². The van der Waals surface area contributed by atoms with E-state index in [1.165, 1.54) is 0 Å². The van der Waals surface area contributed by atoms with E-state index in [2.05, 4.69) is 83.1 Å². The van der Waals surface area contributed by atoms with Gasteiger partial charge in [-0.15, -0.1) is 0 Å². The lowest BCUT2D eigenvalue weighted by Crippen LogP contribution is -2.43. The van der Waals surface area contributed by atoms with Gasteiger partial charge in [-0.25, -0.2) is 9.78 Å². The summed E-state index contributed by atoms with van der Waals surface area (Å²) >= 11 is 0. The van der Waals surface area contributed by atoms with Gasteiger partial charge < -0.3 is 0 Å². The zero-order valence-corrected chi connectivity index (χ0v) is 21.1. The van der Waals surface area contributed by atoms with E-state index >= 15 is 0 Å². The Morgan fingerprint density at radius 2 is 0.929 bits per heavy atom. The Bertz CT molecular complexity index is 395. The van der Waals surface area contributed by atoms with Gasteiger partial charge in [-0.3, -0.25) is 0 Å². The van der Waals surface area contributed by atoms with Crippen molar-refractivity contribution >= 4 is 0 Å². The molecule has 0 aromatic heterocycles. The third-order valence-electron chi connectivity index (χ3n) is 4.45. The van der Waals surface area contributed by atoms with E-state index in [0.717, 1.165) is 38.5 Å². The Morgan fingerprint density at radius 1 is 0.536 bits per heavy atom. The van der Waals surface area contributed by atoms with Crippen molar-refractivity contribution in [1.29, 1.82) is 0 Å². The molecule has 170 valence electrons. The molecule has 0 saturated heterocycles. The summed E-state index contributed by atoms with van der Waals surface area (Å²) in [5, 5.41) is 0. The molecule has 0 aliphatic carbocycles. The van der Waals surface area contributed by atoms with Gasteiger partial charge in [0.2, 0.25) is 5.79 Å². The van der Waals surface area contributed by atoms with Crippen LogP contribution in [-0.4, -0.2) is 17.0 Å². The second kappa shape index (κ2) is 10.7. The van der Waals surface area contributed by atoms with Crippen molar-refractivity contribution in [3.05, 3.63) is 0 Å². The first-order valence-corrected chi connectivity index (χ1v) is 11.2. The zero-order valence-electron chi connectivity index (χ0n) is 21.1. The molecule has 28 heavy (non-hydrogen) atoms. The molecule has 0 atom stereocenters. The smallest absolute Gasteiger partial charge is 0.228 e. The molecular formula is C24H50O4. The molecule has 0 unspecified atom stereocenters. The molecule has 0 aliphatic rings. The van der Waals surface area contributed by atoms with Crippen LogP contribution in [0.2, 0.25) is 0 Å². The van der Waals surface area contributed by atoms with E-state index < -0.39 is 17.0 Å². The van der Waals surface area contributed by atoms with Crippen LogP contribution in [0, 0.1) is 10.8 Å². The van der Waals surface area contributed by atoms with Crippen molar-refractivity contribution in [3.63, 3.8) is 0 Å². The van der Waals surface area contributed by atoms with Crippen LogP contribution in [0.4, 0.5) is 0 Å². The first-order valence-electron chi connectivity index (χ1n) is 11.2. The lowest BCUT2D eigenvalue weighted by Gasteiger charge is -2.39. The van der Waals surface area contributed by atoms with Crippen molar-refractivity contribution in [2.75, 3.05) is 0 Å². The molecule has 0 fully saturated rings. The highest BCUT2D eigenvalue weighted by molar-refractivity contribution is 4.78. The number of unbranched alkanes of at least 4 members (excludes halogenated alkanes) is 2. The maximum atomic E-state index is 6.01. The van der Waals surface area contributed by atoms with Crippen LogP contribution < -0.4 is 0 Å². The fraction of sp³-hybridized carbons (Fsp3) is 1.00.